The van der Waals surface area contributed by atoms with Gasteiger partial charge in [-0.1, -0.05) is 49.9 Å². The summed E-state index contributed by atoms with van der Waals surface area (Å²) in [6, 6.07) is 7.20. The van der Waals surface area contributed by atoms with E-state index in [2.05, 4.69) is 19.6 Å². The molecule has 0 aliphatic heterocycles. The van der Waals surface area contributed by atoms with Gasteiger partial charge >= 0.3 is 0 Å². The van der Waals surface area contributed by atoms with Gasteiger partial charge in [-0.25, -0.2) is 0 Å². The molecule has 1 N–H and O–H groups in total. The summed E-state index contributed by atoms with van der Waals surface area (Å²) in [7, 11) is 0. The first kappa shape index (κ1) is 11.3. The van der Waals surface area contributed by atoms with Crippen molar-refractivity contribution in [3.63, 3.8) is 0 Å². The number of allylic oxidation sites excluding steroid dienone is 5. The van der Waals surface area contributed by atoms with Crippen molar-refractivity contribution < 1.29 is 5.11 Å². The second kappa shape index (κ2) is 5.86. The number of hydrogen-bond acceptors (Lipinski definition) is 1. The molecule has 0 aliphatic rings. The predicted octanol–water partition coefficient (Wildman–Crippen LogP) is 3.93. The minimum absolute atomic E-state index is 0.294. The lowest BCUT2D eigenvalue weighted by Crippen LogP contribution is -1.80. The molecule has 0 aromatic heterocycles. The lowest BCUT2D eigenvalue weighted by molar-refractivity contribution is 0.475. The summed E-state index contributed by atoms with van der Waals surface area (Å²) >= 11 is 0. The van der Waals surface area contributed by atoms with E-state index in [1.54, 1.807) is 18.2 Å². The molecule has 0 spiro atoms. The molecule has 15 heavy (non-hydrogen) atoms. The SMILES string of the molecule is C=C/C=C\C(=C/CC)c1ccc(O)cc1. The smallest absolute Gasteiger partial charge is 0.115 e. The van der Waals surface area contributed by atoms with Crippen LogP contribution in [0.5, 0.6) is 5.75 Å². The summed E-state index contributed by atoms with van der Waals surface area (Å²) in [4.78, 5) is 0. The molecule has 1 rings (SSSR count). The van der Waals surface area contributed by atoms with Crippen molar-refractivity contribution in [2.24, 2.45) is 0 Å². The highest BCUT2D eigenvalue weighted by molar-refractivity contribution is 5.74. The van der Waals surface area contributed by atoms with Crippen LogP contribution in [0.4, 0.5) is 0 Å². The third-order valence-corrected chi connectivity index (χ3v) is 2.04. The maximum atomic E-state index is 9.19. The van der Waals surface area contributed by atoms with Gasteiger partial charge in [0.05, 0.1) is 0 Å². The standard InChI is InChI=1S/C14H16O/c1-3-5-7-12(6-4-2)13-8-10-14(15)11-9-13/h3,5-11,15H,1,4H2,2H3/b7-5-,12-6+. The Bertz CT molecular complexity index is 369. The molecule has 1 heteroatoms. The molecule has 0 radical (unpaired) electrons. The monoisotopic (exact) mass is 200 g/mol. The fourth-order valence-corrected chi connectivity index (χ4v) is 1.33. The first-order valence-corrected chi connectivity index (χ1v) is 5.06. The second-order valence-electron chi connectivity index (χ2n) is 3.21. The molecular weight excluding hydrogens is 184 g/mol. The Morgan fingerprint density at radius 1 is 1.33 bits per heavy atom. The predicted molar refractivity (Wildman–Crippen MR) is 65.7 cm³/mol. The second-order valence-corrected chi connectivity index (χ2v) is 3.21. The number of benzene rings is 1. The molecule has 78 valence electrons. The molecule has 0 bridgehead atoms. The number of aromatic hydroxyl groups is 1. The largest absolute Gasteiger partial charge is 0.508 e. The van der Waals surface area contributed by atoms with Gasteiger partial charge in [-0.2, -0.15) is 0 Å². The molecule has 1 nitrogen and oxygen atoms in total. The van der Waals surface area contributed by atoms with Crippen LogP contribution >= 0.6 is 0 Å². The van der Waals surface area contributed by atoms with Crippen molar-refractivity contribution >= 4 is 5.57 Å². The molecule has 1 aromatic carbocycles. The number of rotatable bonds is 4. The van der Waals surface area contributed by atoms with Crippen molar-refractivity contribution in [2.45, 2.75) is 13.3 Å². The van der Waals surface area contributed by atoms with Crippen molar-refractivity contribution in [3.8, 4) is 5.75 Å². The van der Waals surface area contributed by atoms with E-state index in [0.29, 0.717) is 5.75 Å². The fraction of sp³-hybridized carbons (Fsp3) is 0.143. The average Bonchev–Trinajstić information content (AvgIpc) is 2.25. The van der Waals surface area contributed by atoms with Crippen LogP contribution in [0.1, 0.15) is 18.9 Å². The van der Waals surface area contributed by atoms with Gasteiger partial charge in [0.15, 0.2) is 0 Å². The van der Waals surface area contributed by atoms with E-state index in [9.17, 15) is 5.11 Å². The van der Waals surface area contributed by atoms with Gasteiger partial charge in [-0.15, -0.1) is 0 Å². The Kier molecular flexibility index (Phi) is 4.42. The third-order valence-electron chi connectivity index (χ3n) is 2.04. The zero-order valence-electron chi connectivity index (χ0n) is 8.98. The van der Waals surface area contributed by atoms with Gasteiger partial charge in [0.25, 0.3) is 0 Å². The molecular formula is C14H16O. The molecule has 1 aromatic rings. The van der Waals surface area contributed by atoms with E-state index < -0.39 is 0 Å². The van der Waals surface area contributed by atoms with Crippen LogP contribution in [0.2, 0.25) is 0 Å². The van der Waals surface area contributed by atoms with E-state index >= 15 is 0 Å². The lowest BCUT2D eigenvalue weighted by atomic mass is 10.0. The Balaban J connectivity index is 2.99. The average molecular weight is 200 g/mol. The van der Waals surface area contributed by atoms with Gasteiger partial charge < -0.3 is 5.11 Å². The van der Waals surface area contributed by atoms with Gasteiger partial charge in [-0.3, -0.25) is 0 Å². The van der Waals surface area contributed by atoms with Crippen molar-refractivity contribution in [1.29, 1.82) is 0 Å². The van der Waals surface area contributed by atoms with Crippen LogP contribution < -0.4 is 0 Å². The van der Waals surface area contributed by atoms with E-state index in [0.717, 1.165) is 17.6 Å². The highest BCUT2D eigenvalue weighted by atomic mass is 16.3. The number of phenolic OH excluding ortho intramolecular Hbond substituents is 1. The summed E-state index contributed by atoms with van der Waals surface area (Å²) in [6.07, 6.45) is 8.81. The zero-order valence-corrected chi connectivity index (χ0v) is 8.98. The van der Waals surface area contributed by atoms with Crippen LogP contribution in [0.3, 0.4) is 0 Å². The highest BCUT2D eigenvalue weighted by Gasteiger charge is 1.96. The Hall–Kier alpha value is -1.76. The van der Waals surface area contributed by atoms with Crippen LogP contribution in [0.15, 0.2) is 55.1 Å². The molecule has 0 unspecified atom stereocenters. The lowest BCUT2D eigenvalue weighted by Gasteiger charge is -2.02. The topological polar surface area (TPSA) is 20.2 Å². The van der Waals surface area contributed by atoms with Gasteiger partial charge in [-0.05, 0) is 29.7 Å². The number of hydrogen-bond donors (Lipinski definition) is 1. The van der Waals surface area contributed by atoms with Crippen LogP contribution in [-0.2, 0) is 0 Å². The molecule has 0 amide bonds. The van der Waals surface area contributed by atoms with Crippen molar-refractivity contribution in [2.75, 3.05) is 0 Å². The first-order chi connectivity index (χ1) is 7.27. The fourth-order valence-electron chi connectivity index (χ4n) is 1.33. The summed E-state index contributed by atoms with van der Waals surface area (Å²) in [6.45, 7) is 5.75. The van der Waals surface area contributed by atoms with Crippen LogP contribution in [0, 0.1) is 0 Å². The highest BCUT2D eigenvalue weighted by Crippen LogP contribution is 2.19. The third kappa shape index (κ3) is 3.47. The molecule has 0 heterocycles. The van der Waals surface area contributed by atoms with Gasteiger partial charge in [0.2, 0.25) is 0 Å². The Labute approximate surface area is 91.1 Å². The Morgan fingerprint density at radius 2 is 2.00 bits per heavy atom. The Morgan fingerprint density at radius 3 is 2.53 bits per heavy atom. The van der Waals surface area contributed by atoms with E-state index in [1.807, 2.05) is 24.3 Å². The maximum Gasteiger partial charge on any atom is 0.115 e. The maximum absolute atomic E-state index is 9.19. The van der Waals surface area contributed by atoms with Gasteiger partial charge in [0, 0.05) is 0 Å². The molecule has 0 saturated heterocycles. The molecule has 0 atom stereocenters. The van der Waals surface area contributed by atoms with E-state index in [-0.39, 0.29) is 0 Å². The summed E-state index contributed by atoms with van der Waals surface area (Å²) in [5, 5.41) is 9.19. The normalized spacial score (nSPS) is 11.9. The van der Waals surface area contributed by atoms with Crippen molar-refractivity contribution in [1.82, 2.24) is 0 Å². The quantitative estimate of drug-likeness (QED) is 0.730. The minimum atomic E-state index is 0.294. The summed E-state index contributed by atoms with van der Waals surface area (Å²) in [5.41, 5.74) is 2.25. The summed E-state index contributed by atoms with van der Waals surface area (Å²) < 4.78 is 0. The number of phenols is 1. The molecule has 0 aliphatic carbocycles. The van der Waals surface area contributed by atoms with Crippen molar-refractivity contribution in [3.05, 3.63) is 60.7 Å². The van der Waals surface area contributed by atoms with Crippen LogP contribution in [-0.4, -0.2) is 5.11 Å². The first-order valence-electron chi connectivity index (χ1n) is 5.06. The summed E-state index contributed by atoms with van der Waals surface area (Å²) in [5.74, 6) is 0.294. The minimum Gasteiger partial charge on any atom is -0.508 e. The zero-order chi connectivity index (χ0) is 11.1. The van der Waals surface area contributed by atoms with Gasteiger partial charge in [0.1, 0.15) is 5.75 Å². The molecule has 0 saturated carbocycles. The van der Waals surface area contributed by atoms with Crippen LogP contribution in [0.25, 0.3) is 5.57 Å². The molecule has 0 fully saturated rings. The van der Waals surface area contributed by atoms with E-state index in [4.69, 9.17) is 0 Å². The van der Waals surface area contributed by atoms with E-state index in [1.165, 1.54) is 0 Å².